The highest BCUT2D eigenvalue weighted by Crippen LogP contribution is 2.21. The number of amides is 1. The van der Waals surface area contributed by atoms with E-state index in [4.69, 9.17) is 10.5 Å². The van der Waals surface area contributed by atoms with Crippen molar-refractivity contribution in [3.63, 3.8) is 0 Å². The van der Waals surface area contributed by atoms with Crippen molar-refractivity contribution in [3.8, 4) is 0 Å². The number of ether oxygens (including phenoxy) is 1. The Morgan fingerprint density at radius 2 is 1.95 bits per heavy atom. The summed E-state index contributed by atoms with van der Waals surface area (Å²) >= 11 is 1.64. The second kappa shape index (κ2) is 7.83. The molecule has 0 fully saturated rings. The quantitative estimate of drug-likeness (QED) is 0.716. The third-order valence-corrected chi connectivity index (χ3v) is 4.66. The van der Waals surface area contributed by atoms with E-state index in [0.717, 1.165) is 23.4 Å². The Labute approximate surface area is 137 Å². The molecule has 0 aliphatic rings. The molecule has 0 bridgehead atoms. The number of carbonyl (C=O) groups excluding carboxylic acids is 1. The summed E-state index contributed by atoms with van der Waals surface area (Å²) in [5.74, 6) is 0. The molecule has 0 aliphatic carbocycles. The molecule has 1 amide bonds. The van der Waals surface area contributed by atoms with E-state index in [1.807, 2.05) is 32.2 Å². The van der Waals surface area contributed by atoms with Gasteiger partial charge in [0.2, 0.25) is 0 Å². The number of nitrogens with two attached hydrogens (primary N) is 1. The molecule has 5 nitrogen and oxygen atoms in total. The van der Waals surface area contributed by atoms with Crippen molar-refractivity contribution in [1.29, 1.82) is 0 Å². The number of nitrogen functional groups attached to an aromatic ring is 1. The maximum atomic E-state index is 11.8. The van der Waals surface area contributed by atoms with Gasteiger partial charge in [-0.15, -0.1) is 11.3 Å². The molecule has 4 N–H and O–H groups in total. The van der Waals surface area contributed by atoms with Crippen LogP contribution >= 0.6 is 11.3 Å². The Hall–Kier alpha value is -1.27. The number of hydrogen-bond acceptors (Lipinski definition) is 5. The van der Waals surface area contributed by atoms with Gasteiger partial charge in [0, 0.05) is 29.2 Å². The molecule has 0 spiro atoms. The van der Waals surface area contributed by atoms with Crippen molar-refractivity contribution in [1.82, 2.24) is 10.6 Å². The van der Waals surface area contributed by atoms with E-state index in [1.54, 1.807) is 11.3 Å². The second-order valence-electron chi connectivity index (χ2n) is 6.50. The van der Waals surface area contributed by atoms with Crippen molar-refractivity contribution in [2.45, 2.75) is 65.1 Å². The van der Waals surface area contributed by atoms with Gasteiger partial charge in [-0.1, -0.05) is 13.8 Å². The molecule has 0 saturated heterocycles. The fourth-order valence-electron chi connectivity index (χ4n) is 2.13. The summed E-state index contributed by atoms with van der Waals surface area (Å²) in [5.41, 5.74) is 6.10. The van der Waals surface area contributed by atoms with Crippen LogP contribution < -0.4 is 16.4 Å². The zero-order valence-electron chi connectivity index (χ0n) is 14.3. The van der Waals surface area contributed by atoms with Crippen molar-refractivity contribution in [2.24, 2.45) is 0 Å². The summed E-state index contributed by atoms with van der Waals surface area (Å²) in [6.45, 7) is 11.0. The number of rotatable bonds is 7. The molecule has 0 aliphatic heterocycles. The van der Waals surface area contributed by atoms with Gasteiger partial charge in [0.1, 0.15) is 5.60 Å². The highest BCUT2D eigenvalue weighted by atomic mass is 32.1. The molecule has 0 radical (unpaired) electrons. The minimum absolute atomic E-state index is 0.159. The third kappa shape index (κ3) is 5.85. The van der Waals surface area contributed by atoms with E-state index < -0.39 is 5.60 Å². The van der Waals surface area contributed by atoms with Crippen LogP contribution in [-0.2, 0) is 11.3 Å². The number of nitrogens with one attached hydrogen (secondary N) is 2. The molecule has 1 rings (SSSR count). The predicted molar refractivity (Wildman–Crippen MR) is 93.1 cm³/mol. The normalized spacial score (nSPS) is 12.2. The number of carbonyl (C=O) groups is 1. The standard InChI is InChI=1S/C16H29N3O2S/c1-6-16(7-2,11-18-14(20)21-15(3,4)5)19-10-13-12(17)8-9-22-13/h8-9,19H,6-7,10-11,17H2,1-5H3,(H,18,20). The monoisotopic (exact) mass is 327 g/mol. The zero-order valence-corrected chi connectivity index (χ0v) is 15.1. The van der Waals surface area contributed by atoms with Crippen molar-refractivity contribution >= 4 is 23.1 Å². The van der Waals surface area contributed by atoms with E-state index in [-0.39, 0.29) is 11.6 Å². The Balaban J connectivity index is 2.59. The maximum Gasteiger partial charge on any atom is 0.407 e. The van der Waals surface area contributed by atoms with Crippen molar-refractivity contribution < 1.29 is 9.53 Å². The zero-order chi connectivity index (χ0) is 16.8. The average Bonchev–Trinajstić information content (AvgIpc) is 2.83. The molecule has 0 atom stereocenters. The predicted octanol–water partition coefficient (Wildman–Crippen LogP) is 3.50. The van der Waals surface area contributed by atoms with Gasteiger partial charge >= 0.3 is 6.09 Å². The summed E-state index contributed by atoms with van der Waals surface area (Å²) in [7, 11) is 0. The molecule has 126 valence electrons. The largest absolute Gasteiger partial charge is 0.444 e. The first-order valence-corrected chi connectivity index (χ1v) is 8.63. The van der Waals surface area contributed by atoms with Gasteiger partial charge in [0.25, 0.3) is 0 Å². The van der Waals surface area contributed by atoms with Gasteiger partial charge in [-0.3, -0.25) is 0 Å². The lowest BCUT2D eigenvalue weighted by Gasteiger charge is -2.33. The molecule has 0 unspecified atom stereocenters. The van der Waals surface area contributed by atoms with Gasteiger partial charge in [-0.2, -0.15) is 0 Å². The van der Waals surface area contributed by atoms with E-state index >= 15 is 0 Å². The lowest BCUT2D eigenvalue weighted by Crippen LogP contribution is -2.53. The van der Waals surface area contributed by atoms with Crippen LogP contribution in [0.15, 0.2) is 11.4 Å². The van der Waals surface area contributed by atoms with E-state index in [0.29, 0.717) is 13.1 Å². The molecular weight excluding hydrogens is 298 g/mol. The van der Waals surface area contributed by atoms with Gasteiger partial charge in [-0.05, 0) is 45.1 Å². The molecular formula is C16H29N3O2S. The van der Waals surface area contributed by atoms with Crippen molar-refractivity contribution in [2.75, 3.05) is 12.3 Å². The number of anilines is 1. The highest BCUT2D eigenvalue weighted by molar-refractivity contribution is 7.10. The fraction of sp³-hybridized carbons (Fsp3) is 0.688. The lowest BCUT2D eigenvalue weighted by molar-refractivity contribution is 0.0507. The molecule has 1 heterocycles. The topological polar surface area (TPSA) is 76.4 Å². The minimum atomic E-state index is -0.482. The van der Waals surface area contributed by atoms with Crippen LogP contribution in [0.5, 0.6) is 0 Å². The van der Waals surface area contributed by atoms with Gasteiger partial charge in [0.05, 0.1) is 0 Å². The summed E-state index contributed by atoms with van der Waals surface area (Å²) < 4.78 is 5.30. The lowest BCUT2D eigenvalue weighted by atomic mass is 9.92. The summed E-state index contributed by atoms with van der Waals surface area (Å²) in [4.78, 5) is 13.0. The van der Waals surface area contributed by atoms with Crippen LogP contribution in [-0.4, -0.2) is 23.8 Å². The maximum absolute atomic E-state index is 11.8. The Kier molecular flexibility index (Phi) is 6.68. The molecule has 0 saturated carbocycles. The summed E-state index contributed by atoms with van der Waals surface area (Å²) in [5, 5.41) is 8.42. The van der Waals surface area contributed by atoms with E-state index in [9.17, 15) is 4.79 Å². The summed E-state index contributed by atoms with van der Waals surface area (Å²) in [6.07, 6.45) is 1.44. The molecule has 1 aromatic heterocycles. The van der Waals surface area contributed by atoms with Crippen LogP contribution in [0.3, 0.4) is 0 Å². The highest BCUT2D eigenvalue weighted by Gasteiger charge is 2.27. The van der Waals surface area contributed by atoms with Crippen LogP contribution in [0, 0.1) is 0 Å². The van der Waals surface area contributed by atoms with Crippen LogP contribution in [0.25, 0.3) is 0 Å². The van der Waals surface area contributed by atoms with E-state index in [2.05, 4.69) is 24.5 Å². The fourth-order valence-corrected chi connectivity index (χ4v) is 2.87. The smallest absolute Gasteiger partial charge is 0.407 e. The number of hydrogen-bond donors (Lipinski definition) is 3. The molecule has 0 aromatic carbocycles. The van der Waals surface area contributed by atoms with E-state index in [1.165, 1.54) is 0 Å². The average molecular weight is 327 g/mol. The summed E-state index contributed by atoms with van der Waals surface area (Å²) in [6, 6.07) is 1.92. The Morgan fingerprint density at radius 3 is 2.41 bits per heavy atom. The van der Waals surface area contributed by atoms with Crippen molar-refractivity contribution in [3.05, 3.63) is 16.3 Å². The SMILES string of the molecule is CCC(CC)(CNC(=O)OC(C)(C)C)NCc1sccc1N. The Morgan fingerprint density at radius 1 is 1.32 bits per heavy atom. The van der Waals surface area contributed by atoms with Gasteiger partial charge < -0.3 is 21.1 Å². The van der Waals surface area contributed by atoms with Crippen LogP contribution in [0.2, 0.25) is 0 Å². The van der Waals surface area contributed by atoms with Gasteiger partial charge in [0.15, 0.2) is 0 Å². The third-order valence-electron chi connectivity index (χ3n) is 3.73. The first-order chi connectivity index (χ1) is 10.2. The Bertz CT molecular complexity index is 476. The van der Waals surface area contributed by atoms with Gasteiger partial charge in [-0.25, -0.2) is 4.79 Å². The first kappa shape index (κ1) is 18.8. The second-order valence-corrected chi connectivity index (χ2v) is 7.50. The number of thiophene rings is 1. The molecule has 1 aromatic rings. The first-order valence-electron chi connectivity index (χ1n) is 7.75. The minimum Gasteiger partial charge on any atom is -0.444 e. The molecule has 6 heteroatoms. The molecule has 22 heavy (non-hydrogen) atoms. The van der Waals surface area contributed by atoms with Crippen LogP contribution in [0.1, 0.15) is 52.3 Å². The number of alkyl carbamates (subject to hydrolysis) is 1. The van der Waals surface area contributed by atoms with Crippen LogP contribution in [0.4, 0.5) is 10.5 Å².